The topological polar surface area (TPSA) is 53.1 Å². The zero-order chi connectivity index (χ0) is 9.90. The van der Waals surface area contributed by atoms with Crippen LogP contribution in [0.3, 0.4) is 0 Å². The molecule has 0 aromatic carbocycles. The lowest BCUT2D eigenvalue weighted by atomic mass is 10.1. The molecule has 0 amide bonds. The summed E-state index contributed by atoms with van der Waals surface area (Å²) in [6.45, 7) is 8.14. The molecule has 0 fully saturated rings. The minimum atomic E-state index is 0.00127. The van der Waals surface area contributed by atoms with Crippen LogP contribution >= 0.6 is 0 Å². The Bertz CT molecular complexity index is 279. The molecule has 0 saturated heterocycles. The number of nitrogens with one attached hydrogen (secondary N) is 2. The summed E-state index contributed by atoms with van der Waals surface area (Å²) >= 11 is 0. The van der Waals surface area contributed by atoms with Crippen LogP contribution in [0.25, 0.3) is 0 Å². The maximum absolute atomic E-state index is 4.23. The highest BCUT2D eigenvalue weighted by Crippen LogP contribution is 2.00. The van der Waals surface area contributed by atoms with Crippen LogP contribution in [0, 0.1) is 0 Å². The van der Waals surface area contributed by atoms with Crippen molar-refractivity contribution in [2.24, 2.45) is 5.10 Å². The molecule has 13 heavy (non-hydrogen) atoms. The van der Waals surface area contributed by atoms with E-state index in [0.717, 1.165) is 11.4 Å². The molecule has 1 rings (SSSR count). The summed E-state index contributed by atoms with van der Waals surface area (Å²) in [7, 11) is 0. The number of hydrazone groups is 1. The number of aromatic amines is 1. The average Bonchev–Trinajstić information content (AvgIpc) is 2.50. The van der Waals surface area contributed by atoms with Crippen molar-refractivity contribution in [1.29, 1.82) is 0 Å². The van der Waals surface area contributed by atoms with Gasteiger partial charge in [0, 0.05) is 11.7 Å². The number of H-pyrrole nitrogens is 1. The number of rotatable bonds is 2. The lowest BCUT2D eigenvalue weighted by Crippen LogP contribution is -2.32. The molecule has 0 aliphatic rings. The largest absolute Gasteiger partial charge is 0.304 e. The lowest BCUT2D eigenvalue weighted by molar-refractivity contribution is 0.441. The fraction of sp³-hybridized carbons (Fsp3) is 0.556. The van der Waals surface area contributed by atoms with E-state index in [-0.39, 0.29) is 5.54 Å². The molecule has 4 heteroatoms. The van der Waals surface area contributed by atoms with Crippen LogP contribution in [0.4, 0.5) is 0 Å². The minimum Gasteiger partial charge on any atom is -0.304 e. The van der Waals surface area contributed by atoms with E-state index in [4.69, 9.17) is 0 Å². The molecule has 0 spiro atoms. The Morgan fingerprint density at radius 2 is 2.23 bits per heavy atom. The van der Waals surface area contributed by atoms with Crippen molar-refractivity contribution < 1.29 is 0 Å². The molecule has 2 N–H and O–H groups in total. The maximum Gasteiger partial charge on any atom is 0.0822 e. The van der Waals surface area contributed by atoms with Gasteiger partial charge < -0.3 is 5.43 Å². The molecule has 1 heterocycles. The van der Waals surface area contributed by atoms with Crippen molar-refractivity contribution in [2.45, 2.75) is 33.2 Å². The third kappa shape index (κ3) is 3.27. The molecule has 0 unspecified atom stereocenters. The molecular formula is C9H16N4. The van der Waals surface area contributed by atoms with Gasteiger partial charge >= 0.3 is 0 Å². The van der Waals surface area contributed by atoms with Gasteiger partial charge in [0.05, 0.1) is 11.4 Å². The first kappa shape index (κ1) is 9.77. The minimum absolute atomic E-state index is 0.00127. The third-order valence-corrected chi connectivity index (χ3v) is 1.45. The molecule has 0 atom stereocenters. The van der Waals surface area contributed by atoms with E-state index in [1.807, 2.05) is 13.0 Å². The van der Waals surface area contributed by atoms with Gasteiger partial charge in [-0.2, -0.15) is 10.2 Å². The van der Waals surface area contributed by atoms with E-state index >= 15 is 0 Å². The van der Waals surface area contributed by atoms with Gasteiger partial charge in [-0.3, -0.25) is 5.10 Å². The fourth-order valence-corrected chi connectivity index (χ4v) is 0.769. The summed E-state index contributed by atoms with van der Waals surface area (Å²) in [4.78, 5) is 0. The quantitative estimate of drug-likeness (QED) is 0.535. The van der Waals surface area contributed by atoms with Crippen molar-refractivity contribution in [1.82, 2.24) is 15.6 Å². The van der Waals surface area contributed by atoms with Gasteiger partial charge in [-0.25, -0.2) is 0 Å². The van der Waals surface area contributed by atoms with Crippen LogP contribution in [0.2, 0.25) is 0 Å². The first-order chi connectivity index (χ1) is 5.99. The van der Waals surface area contributed by atoms with Crippen LogP contribution in [-0.2, 0) is 0 Å². The molecule has 1 aromatic heterocycles. The Balaban J connectivity index is 2.63. The van der Waals surface area contributed by atoms with Crippen LogP contribution in [0.15, 0.2) is 17.4 Å². The molecular weight excluding hydrogens is 164 g/mol. The highest BCUT2D eigenvalue weighted by atomic mass is 15.3. The Morgan fingerprint density at radius 3 is 2.69 bits per heavy atom. The predicted molar refractivity (Wildman–Crippen MR) is 53.7 cm³/mol. The molecule has 0 radical (unpaired) electrons. The number of aromatic nitrogens is 2. The maximum atomic E-state index is 4.23. The Labute approximate surface area is 78.4 Å². The average molecular weight is 180 g/mol. The second-order valence-electron chi connectivity index (χ2n) is 4.03. The molecule has 4 nitrogen and oxygen atoms in total. The molecule has 0 aliphatic heterocycles. The van der Waals surface area contributed by atoms with Gasteiger partial charge in [0.1, 0.15) is 0 Å². The SMILES string of the molecule is C/C(=N/NC(C)(C)C)c1ccn[nH]1. The van der Waals surface area contributed by atoms with Gasteiger partial charge in [-0.05, 0) is 33.8 Å². The highest BCUT2D eigenvalue weighted by Gasteiger charge is 2.07. The van der Waals surface area contributed by atoms with Crippen LogP contribution in [0.5, 0.6) is 0 Å². The lowest BCUT2D eigenvalue weighted by Gasteiger charge is -2.17. The molecule has 0 aliphatic carbocycles. The predicted octanol–water partition coefficient (Wildman–Crippen LogP) is 1.52. The van der Waals surface area contributed by atoms with Crippen molar-refractivity contribution in [3.63, 3.8) is 0 Å². The van der Waals surface area contributed by atoms with E-state index in [1.165, 1.54) is 0 Å². The summed E-state index contributed by atoms with van der Waals surface area (Å²) in [5.41, 5.74) is 4.90. The summed E-state index contributed by atoms with van der Waals surface area (Å²) < 4.78 is 0. The summed E-state index contributed by atoms with van der Waals surface area (Å²) in [5.74, 6) is 0. The first-order valence-corrected chi connectivity index (χ1v) is 4.30. The van der Waals surface area contributed by atoms with Gasteiger partial charge in [-0.15, -0.1) is 0 Å². The standard InChI is InChI=1S/C9H16N4/c1-7(8-5-6-10-12-8)11-13-9(2,3)4/h5-6,13H,1-4H3,(H,10,12)/b11-7-. The van der Waals surface area contributed by atoms with Crippen LogP contribution < -0.4 is 5.43 Å². The van der Waals surface area contributed by atoms with E-state index in [0.29, 0.717) is 0 Å². The Hall–Kier alpha value is -1.32. The van der Waals surface area contributed by atoms with Crippen molar-refractivity contribution in [3.8, 4) is 0 Å². The molecule has 0 saturated carbocycles. The fourth-order valence-electron chi connectivity index (χ4n) is 0.769. The van der Waals surface area contributed by atoms with E-state index < -0.39 is 0 Å². The van der Waals surface area contributed by atoms with Gasteiger partial charge in [0.2, 0.25) is 0 Å². The summed E-state index contributed by atoms with van der Waals surface area (Å²) in [5, 5.41) is 10.9. The summed E-state index contributed by atoms with van der Waals surface area (Å²) in [6, 6.07) is 1.89. The van der Waals surface area contributed by atoms with Crippen molar-refractivity contribution in [2.75, 3.05) is 0 Å². The van der Waals surface area contributed by atoms with Gasteiger partial charge in [0.25, 0.3) is 0 Å². The zero-order valence-corrected chi connectivity index (χ0v) is 8.55. The highest BCUT2D eigenvalue weighted by molar-refractivity contribution is 5.96. The van der Waals surface area contributed by atoms with Crippen LogP contribution in [-0.4, -0.2) is 21.4 Å². The molecule has 72 valence electrons. The monoisotopic (exact) mass is 180 g/mol. The second-order valence-corrected chi connectivity index (χ2v) is 4.03. The number of hydrogen-bond donors (Lipinski definition) is 2. The van der Waals surface area contributed by atoms with Gasteiger partial charge in [0.15, 0.2) is 0 Å². The van der Waals surface area contributed by atoms with E-state index in [9.17, 15) is 0 Å². The van der Waals surface area contributed by atoms with Gasteiger partial charge in [-0.1, -0.05) is 0 Å². The third-order valence-electron chi connectivity index (χ3n) is 1.45. The molecule has 1 aromatic rings. The summed E-state index contributed by atoms with van der Waals surface area (Å²) in [6.07, 6.45) is 1.71. The first-order valence-electron chi connectivity index (χ1n) is 4.30. The normalized spacial score (nSPS) is 13.1. The Morgan fingerprint density at radius 1 is 1.54 bits per heavy atom. The van der Waals surface area contributed by atoms with Crippen molar-refractivity contribution in [3.05, 3.63) is 18.0 Å². The van der Waals surface area contributed by atoms with E-state index in [2.05, 4.69) is 41.5 Å². The van der Waals surface area contributed by atoms with Crippen molar-refractivity contribution >= 4 is 5.71 Å². The zero-order valence-electron chi connectivity index (χ0n) is 8.55. The van der Waals surface area contributed by atoms with E-state index in [1.54, 1.807) is 6.20 Å². The number of hydrogen-bond acceptors (Lipinski definition) is 3. The second kappa shape index (κ2) is 3.60. The Kier molecular flexibility index (Phi) is 2.70. The smallest absolute Gasteiger partial charge is 0.0822 e. The number of nitrogens with zero attached hydrogens (tertiary/aromatic N) is 2. The van der Waals surface area contributed by atoms with Crippen LogP contribution in [0.1, 0.15) is 33.4 Å². The molecule has 0 bridgehead atoms.